The lowest BCUT2D eigenvalue weighted by molar-refractivity contribution is -0.138. The van der Waals surface area contributed by atoms with E-state index in [0.29, 0.717) is 11.3 Å². The van der Waals surface area contributed by atoms with Gasteiger partial charge in [-0.15, -0.1) is 0 Å². The molecule has 0 aliphatic carbocycles. The Balaban J connectivity index is 1.90. The van der Waals surface area contributed by atoms with E-state index in [1.165, 1.54) is 48.5 Å². The predicted octanol–water partition coefficient (Wildman–Crippen LogP) is -0.511. The Bertz CT molecular complexity index is 938. The van der Waals surface area contributed by atoms with Gasteiger partial charge in [-0.2, -0.15) is 0 Å². The molecule has 136 valence electrons. The summed E-state index contributed by atoms with van der Waals surface area (Å²) in [7, 11) is -3.80. The maximum absolute atomic E-state index is 11.9. The molecule has 0 saturated carbocycles. The standard InChI is InChI=1S/C16H16N4O5S/c17-12-5-3-11(4-6-12)14(21)20-16(23)15(22)19-9-10-1-7-13(8-2-10)26(18,24)25/h1-8H,9,17H2,(H,19,22)(H2,18,24,25)(H,20,21,23). The first-order valence-corrected chi connectivity index (χ1v) is 8.82. The predicted molar refractivity (Wildman–Crippen MR) is 93.0 cm³/mol. The smallest absolute Gasteiger partial charge is 0.316 e. The number of hydrogen-bond acceptors (Lipinski definition) is 6. The number of hydrogen-bond donors (Lipinski definition) is 4. The quantitative estimate of drug-likeness (QED) is 0.415. The molecule has 0 unspecified atom stereocenters. The number of benzene rings is 2. The first-order chi connectivity index (χ1) is 12.2. The molecule has 0 fully saturated rings. The monoisotopic (exact) mass is 376 g/mol. The molecule has 0 spiro atoms. The summed E-state index contributed by atoms with van der Waals surface area (Å²) >= 11 is 0. The molecule has 0 aliphatic rings. The summed E-state index contributed by atoms with van der Waals surface area (Å²) < 4.78 is 22.3. The Hall–Kier alpha value is -3.24. The van der Waals surface area contributed by atoms with Crippen LogP contribution in [0.4, 0.5) is 5.69 Å². The molecule has 6 N–H and O–H groups in total. The van der Waals surface area contributed by atoms with E-state index >= 15 is 0 Å². The molecular formula is C16H16N4O5S. The number of sulfonamides is 1. The molecule has 0 bridgehead atoms. The number of carbonyl (C=O) groups is 3. The van der Waals surface area contributed by atoms with Crippen LogP contribution in [0, 0.1) is 0 Å². The van der Waals surface area contributed by atoms with Gasteiger partial charge >= 0.3 is 11.8 Å². The fraction of sp³-hybridized carbons (Fsp3) is 0.0625. The van der Waals surface area contributed by atoms with E-state index in [-0.39, 0.29) is 17.0 Å². The third-order valence-corrected chi connectivity index (χ3v) is 4.24. The second-order valence-electron chi connectivity index (χ2n) is 5.28. The van der Waals surface area contributed by atoms with Gasteiger partial charge in [0, 0.05) is 17.8 Å². The topological polar surface area (TPSA) is 161 Å². The highest BCUT2D eigenvalue weighted by molar-refractivity contribution is 7.89. The highest BCUT2D eigenvalue weighted by Gasteiger charge is 2.17. The van der Waals surface area contributed by atoms with Crippen LogP contribution >= 0.6 is 0 Å². The normalized spacial score (nSPS) is 10.8. The van der Waals surface area contributed by atoms with Crippen molar-refractivity contribution in [2.45, 2.75) is 11.4 Å². The molecule has 10 heteroatoms. The fourth-order valence-electron chi connectivity index (χ4n) is 1.93. The molecule has 0 aromatic heterocycles. The van der Waals surface area contributed by atoms with Crippen molar-refractivity contribution in [2.24, 2.45) is 5.14 Å². The van der Waals surface area contributed by atoms with Gasteiger partial charge in [-0.25, -0.2) is 13.6 Å². The third kappa shape index (κ3) is 5.13. The average molecular weight is 376 g/mol. The van der Waals surface area contributed by atoms with Crippen molar-refractivity contribution in [1.29, 1.82) is 0 Å². The van der Waals surface area contributed by atoms with Crippen LogP contribution in [0.15, 0.2) is 53.4 Å². The lowest BCUT2D eigenvalue weighted by atomic mass is 10.2. The van der Waals surface area contributed by atoms with Crippen molar-refractivity contribution in [1.82, 2.24) is 10.6 Å². The zero-order valence-corrected chi connectivity index (χ0v) is 14.2. The molecule has 0 atom stereocenters. The first kappa shape index (κ1) is 19.1. The van der Waals surface area contributed by atoms with Gasteiger partial charge in [0.05, 0.1) is 4.90 Å². The zero-order valence-electron chi connectivity index (χ0n) is 13.4. The van der Waals surface area contributed by atoms with Crippen molar-refractivity contribution in [3.63, 3.8) is 0 Å². The molecule has 2 aromatic carbocycles. The zero-order chi connectivity index (χ0) is 19.3. The van der Waals surface area contributed by atoms with Crippen LogP contribution in [-0.2, 0) is 26.2 Å². The van der Waals surface area contributed by atoms with E-state index in [4.69, 9.17) is 10.9 Å². The second kappa shape index (κ2) is 7.76. The largest absolute Gasteiger partial charge is 0.399 e. The van der Waals surface area contributed by atoms with Crippen molar-refractivity contribution in [3.05, 3.63) is 59.7 Å². The number of nitrogen functional groups attached to an aromatic ring is 1. The Labute approximate surface area is 149 Å². The molecule has 9 nitrogen and oxygen atoms in total. The summed E-state index contributed by atoms with van der Waals surface area (Å²) in [6.45, 7) is -0.0345. The molecule has 0 heterocycles. The van der Waals surface area contributed by atoms with Crippen LogP contribution < -0.4 is 21.5 Å². The minimum absolute atomic E-state index is 0.0345. The van der Waals surface area contributed by atoms with Crippen molar-refractivity contribution in [3.8, 4) is 0 Å². The molecule has 2 aromatic rings. The van der Waals surface area contributed by atoms with E-state index in [1.54, 1.807) is 0 Å². The number of primary sulfonamides is 1. The highest BCUT2D eigenvalue weighted by Crippen LogP contribution is 2.08. The molecule has 2 rings (SSSR count). The minimum Gasteiger partial charge on any atom is -0.399 e. The van der Waals surface area contributed by atoms with Gasteiger partial charge < -0.3 is 11.1 Å². The van der Waals surface area contributed by atoms with E-state index in [1.807, 2.05) is 5.32 Å². The van der Waals surface area contributed by atoms with E-state index in [9.17, 15) is 22.8 Å². The molecule has 0 radical (unpaired) electrons. The van der Waals surface area contributed by atoms with Crippen LogP contribution in [-0.4, -0.2) is 26.1 Å². The highest BCUT2D eigenvalue weighted by atomic mass is 32.2. The number of imide groups is 1. The fourth-order valence-corrected chi connectivity index (χ4v) is 2.44. The van der Waals surface area contributed by atoms with Gasteiger partial charge in [0.2, 0.25) is 10.0 Å². The lowest BCUT2D eigenvalue weighted by Crippen LogP contribution is -2.42. The first-order valence-electron chi connectivity index (χ1n) is 7.27. The molecule has 0 saturated heterocycles. The summed E-state index contributed by atoms with van der Waals surface area (Å²) in [6.07, 6.45) is 0. The van der Waals surface area contributed by atoms with E-state index in [0.717, 1.165) is 0 Å². The SMILES string of the molecule is Nc1ccc(C(=O)NC(=O)C(=O)NCc2ccc(S(N)(=O)=O)cc2)cc1. The van der Waals surface area contributed by atoms with Gasteiger partial charge in [-0.1, -0.05) is 12.1 Å². The summed E-state index contributed by atoms with van der Waals surface area (Å²) in [5.74, 6) is -2.86. The third-order valence-electron chi connectivity index (χ3n) is 3.31. The van der Waals surface area contributed by atoms with Gasteiger partial charge in [0.15, 0.2) is 0 Å². The summed E-state index contributed by atoms with van der Waals surface area (Å²) in [5.41, 5.74) is 6.68. The van der Waals surface area contributed by atoms with Crippen LogP contribution in [0.5, 0.6) is 0 Å². The Morgan fingerprint density at radius 3 is 2.00 bits per heavy atom. The van der Waals surface area contributed by atoms with Crippen LogP contribution in [0.25, 0.3) is 0 Å². The number of rotatable bonds is 4. The summed E-state index contributed by atoms with van der Waals surface area (Å²) in [4.78, 5) is 35.3. The van der Waals surface area contributed by atoms with Crippen molar-refractivity contribution < 1.29 is 22.8 Å². The summed E-state index contributed by atoms with van der Waals surface area (Å²) in [5, 5.41) is 9.26. The molecular weight excluding hydrogens is 360 g/mol. The molecule has 0 aliphatic heterocycles. The Morgan fingerprint density at radius 2 is 1.46 bits per heavy atom. The number of nitrogens with two attached hydrogens (primary N) is 2. The summed E-state index contributed by atoms with van der Waals surface area (Å²) in [6, 6.07) is 11.3. The maximum Gasteiger partial charge on any atom is 0.316 e. The van der Waals surface area contributed by atoms with E-state index < -0.39 is 27.7 Å². The molecule has 3 amide bonds. The number of nitrogens with one attached hydrogen (secondary N) is 2. The van der Waals surface area contributed by atoms with Crippen LogP contribution in [0.3, 0.4) is 0 Å². The maximum atomic E-state index is 11.9. The van der Waals surface area contributed by atoms with Crippen LogP contribution in [0.1, 0.15) is 15.9 Å². The number of anilines is 1. The van der Waals surface area contributed by atoms with Gasteiger partial charge in [-0.05, 0) is 42.0 Å². The Morgan fingerprint density at radius 1 is 0.885 bits per heavy atom. The van der Waals surface area contributed by atoms with Crippen LogP contribution in [0.2, 0.25) is 0 Å². The lowest BCUT2D eigenvalue weighted by Gasteiger charge is -2.07. The Kier molecular flexibility index (Phi) is 5.70. The number of amides is 3. The van der Waals surface area contributed by atoms with Gasteiger partial charge in [0.1, 0.15) is 0 Å². The molecule has 26 heavy (non-hydrogen) atoms. The van der Waals surface area contributed by atoms with Crippen molar-refractivity contribution >= 4 is 33.4 Å². The van der Waals surface area contributed by atoms with Gasteiger partial charge in [-0.3, -0.25) is 19.7 Å². The minimum atomic E-state index is -3.80. The second-order valence-corrected chi connectivity index (χ2v) is 6.84. The van der Waals surface area contributed by atoms with Crippen molar-refractivity contribution in [2.75, 3.05) is 5.73 Å². The average Bonchev–Trinajstić information content (AvgIpc) is 2.59. The van der Waals surface area contributed by atoms with E-state index in [2.05, 4.69) is 5.32 Å². The van der Waals surface area contributed by atoms with Gasteiger partial charge in [0.25, 0.3) is 5.91 Å². The number of carbonyl (C=O) groups excluding carboxylic acids is 3.